The summed E-state index contributed by atoms with van der Waals surface area (Å²) in [5, 5.41) is 8.60. The van der Waals surface area contributed by atoms with Gasteiger partial charge in [-0.05, 0) is 19.8 Å². The van der Waals surface area contributed by atoms with E-state index in [4.69, 9.17) is 5.11 Å². The molecule has 0 bridgehead atoms. The van der Waals surface area contributed by atoms with E-state index in [0.717, 1.165) is 12.8 Å². The van der Waals surface area contributed by atoms with Crippen LogP contribution in [0.1, 0.15) is 33.6 Å². The number of carboxylic acids is 1. The normalized spacial score (nSPS) is 10.3. The molecule has 0 aliphatic carbocycles. The molecule has 14 heavy (non-hydrogen) atoms. The summed E-state index contributed by atoms with van der Waals surface area (Å²) in [6, 6.07) is 0. The van der Waals surface area contributed by atoms with Gasteiger partial charge in [0.15, 0.2) is 0 Å². The van der Waals surface area contributed by atoms with Gasteiger partial charge in [-0.2, -0.15) is 0 Å². The second kappa shape index (κ2) is 6.40. The maximum absolute atomic E-state index is 11.7. The van der Waals surface area contributed by atoms with E-state index in [2.05, 4.69) is 0 Å². The number of carboxylic acid groups (broad SMARTS) is 1. The summed E-state index contributed by atoms with van der Waals surface area (Å²) >= 11 is 0. The van der Waals surface area contributed by atoms with E-state index in [-0.39, 0.29) is 18.4 Å². The molecule has 0 heterocycles. The standard InChI is InChI=1S/C10H19NO3/c1-4-8(5-2)10(14)11(6-3)7-9(12)13/h8H,4-7H2,1-3H3,(H,12,13). The van der Waals surface area contributed by atoms with Crippen molar-refractivity contribution < 1.29 is 14.7 Å². The average molecular weight is 201 g/mol. The lowest BCUT2D eigenvalue weighted by molar-refractivity contribution is -0.146. The monoisotopic (exact) mass is 201 g/mol. The van der Waals surface area contributed by atoms with Crippen LogP contribution >= 0.6 is 0 Å². The third kappa shape index (κ3) is 3.77. The first-order chi connectivity index (χ1) is 6.56. The van der Waals surface area contributed by atoms with Crippen molar-refractivity contribution >= 4 is 11.9 Å². The van der Waals surface area contributed by atoms with Gasteiger partial charge in [-0.25, -0.2) is 0 Å². The molecule has 4 heteroatoms. The lowest BCUT2D eigenvalue weighted by Crippen LogP contribution is -2.39. The fraction of sp³-hybridized carbons (Fsp3) is 0.800. The number of rotatable bonds is 6. The summed E-state index contributed by atoms with van der Waals surface area (Å²) in [5.74, 6) is -1.03. The Hall–Kier alpha value is -1.06. The maximum Gasteiger partial charge on any atom is 0.323 e. The number of likely N-dealkylation sites (N-methyl/N-ethyl adjacent to an activating group) is 1. The second-order valence-corrected chi connectivity index (χ2v) is 3.26. The summed E-state index contributed by atoms with van der Waals surface area (Å²) in [4.78, 5) is 23.6. The third-order valence-electron chi connectivity index (χ3n) is 2.35. The van der Waals surface area contributed by atoms with Crippen LogP contribution < -0.4 is 0 Å². The SMILES string of the molecule is CCC(CC)C(=O)N(CC)CC(=O)O. The molecular formula is C10H19NO3. The number of carbonyl (C=O) groups is 2. The van der Waals surface area contributed by atoms with Crippen molar-refractivity contribution in [3.63, 3.8) is 0 Å². The quantitative estimate of drug-likeness (QED) is 0.705. The van der Waals surface area contributed by atoms with Gasteiger partial charge in [-0.15, -0.1) is 0 Å². The van der Waals surface area contributed by atoms with Gasteiger partial charge in [0.25, 0.3) is 0 Å². The summed E-state index contributed by atoms with van der Waals surface area (Å²) < 4.78 is 0. The summed E-state index contributed by atoms with van der Waals surface area (Å²) in [7, 11) is 0. The van der Waals surface area contributed by atoms with Crippen LogP contribution in [-0.4, -0.2) is 35.0 Å². The fourth-order valence-corrected chi connectivity index (χ4v) is 1.40. The first-order valence-corrected chi connectivity index (χ1v) is 5.07. The predicted molar refractivity (Wildman–Crippen MR) is 54.0 cm³/mol. The number of carbonyl (C=O) groups excluding carboxylic acids is 1. The van der Waals surface area contributed by atoms with Crippen LogP contribution in [0.4, 0.5) is 0 Å². The van der Waals surface area contributed by atoms with Gasteiger partial charge in [0, 0.05) is 12.5 Å². The van der Waals surface area contributed by atoms with Crippen molar-refractivity contribution in [3.8, 4) is 0 Å². The van der Waals surface area contributed by atoms with Gasteiger partial charge in [-0.1, -0.05) is 13.8 Å². The summed E-state index contributed by atoms with van der Waals surface area (Å²) in [6.07, 6.45) is 1.54. The molecule has 0 fully saturated rings. The second-order valence-electron chi connectivity index (χ2n) is 3.26. The zero-order valence-corrected chi connectivity index (χ0v) is 9.12. The molecule has 0 aromatic heterocycles. The first-order valence-electron chi connectivity index (χ1n) is 5.07. The van der Waals surface area contributed by atoms with Gasteiger partial charge in [0.05, 0.1) is 0 Å². The number of hydrogen-bond acceptors (Lipinski definition) is 2. The van der Waals surface area contributed by atoms with Crippen LogP contribution in [0.25, 0.3) is 0 Å². The molecule has 0 atom stereocenters. The van der Waals surface area contributed by atoms with Crippen molar-refractivity contribution in [1.29, 1.82) is 0 Å². The molecule has 4 nitrogen and oxygen atoms in total. The largest absolute Gasteiger partial charge is 0.480 e. The number of nitrogens with zero attached hydrogens (tertiary/aromatic N) is 1. The average Bonchev–Trinajstić information content (AvgIpc) is 2.15. The molecule has 0 aliphatic rings. The highest BCUT2D eigenvalue weighted by Crippen LogP contribution is 2.11. The lowest BCUT2D eigenvalue weighted by atomic mass is 10.0. The Kier molecular flexibility index (Phi) is 5.92. The van der Waals surface area contributed by atoms with E-state index < -0.39 is 5.97 Å². The Morgan fingerprint density at radius 2 is 1.71 bits per heavy atom. The Labute approximate surface area is 84.9 Å². The first kappa shape index (κ1) is 12.9. The van der Waals surface area contributed by atoms with E-state index in [0.29, 0.717) is 6.54 Å². The van der Waals surface area contributed by atoms with Gasteiger partial charge in [0.1, 0.15) is 6.54 Å². The molecule has 0 radical (unpaired) electrons. The van der Waals surface area contributed by atoms with Crippen LogP contribution in [0.15, 0.2) is 0 Å². The van der Waals surface area contributed by atoms with Gasteiger partial charge in [0.2, 0.25) is 5.91 Å². The maximum atomic E-state index is 11.7. The van der Waals surface area contributed by atoms with Crippen LogP contribution in [-0.2, 0) is 9.59 Å². The highest BCUT2D eigenvalue weighted by Gasteiger charge is 2.21. The molecule has 0 aliphatic heterocycles. The Morgan fingerprint density at radius 3 is 2.00 bits per heavy atom. The molecule has 1 amide bonds. The molecule has 0 aromatic rings. The molecule has 82 valence electrons. The van der Waals surface area contributed by atoms with Crippen molar-refractivity contribution in [2.24, 2.45) is 5.92 Å². The van der Waals surface area contributed by atoms with E-state index in [1.54, 1.807) is 6.92 Å². The molecule has 0 saturated carbocycles. The highest BCUT2D eigenvalue weighted by atomic mass is 16.4. The minimum absolute atomic E-state index is 0.0331. The smallest absolute Gasteiger partial charge is 0.323 e. The number of amides is 1. The number of hydrogen-bond donors (Lipinski definition) is 1. The van der Waals surface area contributed by atoms with E-state index in [9.17, 15) is 9.59 Å². The topological polar surface area (TPSA) is 57.6 Å². The van der Waals surface area contributed by atoms with Crippen molar-refractivity contribution in [2.45, 2.75) is 33.6 Å². The zero-order valence-electron chi connectivity index (χ0n) is 9.12. The fourth-order valence-electron chi connectivity index (χ4n) is 1.40. The summed E-state index contributed by atoms with van der Waals surface area (Å²) in [5.41, 5.74) is 0. The molecule has 0 spiro atoms. The number of aliphatic carboxylic acids is 1. The van der Waals surface area contributed by atoms with Crippen molar-refractivity contribution in [2.75, 3.05) is 13.1 Å². The Bertz CT molecular complexity index is 200. The Morgan fingerprint density at radius 1 is 1.21 bits per heavy atom. The zero-order chi connectivity index (χ0) is 11.1. The molecule has 0 rings (SSSR count). The minimum Gasteiger partial charge on any atom is -0.480 e. The highest BCUT2D eigenvalue weighted by molar-refractivity contribution is 5.83. The third-order valence-corrected chi connectivity index (χ3v) is 2.35. The molecule has 0 saturated heterocycles. The Balaban J connectivity index is 4.35. The molecule has 1 N–H and O–H groups in total. The van der Waals surface area contributed by atoms with Gasteiger partial charge in [-0.3, -0.25) is 9.59 Å². The lowest BCUT2D eigenvalue weighted by Gasteiger charge is -2.23. The van der Waals surface area contributed by atoms with Crippen LogP contribution in [0, 0.1) is 5.92 Å². The summed E-state index contributed by atoms with van der Waals surface area (Å²) in [6.45, 7) is 5.96. The van der Waals surface area contributed by atoms with Crippen LogP contribution in [0.5, 0.6) is 0 Å². The predicted octanol–water partition coefficient (Wildman–Crippen LogP) is 1.36. The van der Waals surface area contributed by atoms with Gasteiger partial charge >= 0.3 is 5.97 Å². The molecule has 0 aromatic carbocycles. The van der Waals surface area contributed by atoms with E-state index in [1.165, 1.54) is 4.90 Å². The van der Waals surface area contributed by atoms with E-state index in [1.807, 2.05) is 13.8 Å². The van der Waals surface area contributed by atoms with Crippen LogP contribution in [0.2, 0.25) is 0 Å². The van der Waals surface area contributed by atoms with Gasteiger partial charge < -0.3 is 10.0 Å². The van der Waals surface area contributed by atoms with Crippen molar-refractivity contribution in [3.05, 3.63) is 0 Å². The molecular weight excluding hydrogens is 182 g/mol. The van der Waals surface area contributed by atoms with Crippen molar-refractivity contribution in [1.82, 2.24) is 4.90 Å². The minimum atomic E-state index is -0.953. The van der Waals surface area contributed by atoms with Crippen LogP contribution in [0.3, 0.4) is 0 Å². The van der Waals surface area contributed by atoms with E-state index >= 15 is 0 Å². The molecule has 0 unspecified atom stereocenters.